The van der Waals surface area contributed by atoms with Gasteiger partial charge in [0, 0.05) is 20.6 Å². The van der Waals surface area contributed by atoms with Gasteiger partial charge in [-0.05, 0) is 37.5 Å². The van der Waals surface area contributed by atoms with E-state index < -0.39 is 0 Å². The monoisotopic (exact) mass is 324 g/mol. The lowest BCUT2D eigenvalue weighted by atomic mass is 9.93. The van der Waals surface area contributed by atoms with Crippen molar-refractivity contribution in [2.75, 3.05) is 5.73 Å². The average Bonchev–Trinajstić information content (AvgIpc) is 2.61. The fraction of sp³-hybridized carbons (Fsp3) is 0.308. The first-order chi connectivity index (χ1) is 8.65. The van der Waals surface area contributed by atoms with Crippen LogP contribution in [0.3, 0.4) is 0 Å². The molecule has 0 aliphatic heterocycles. The van der Waals surface area contributed by atoms with Crippen molar-refractivity contribution in [3.63, 3.8) is 0 Å². The van der Waals surface area contributed by atoms with Crippen LogP contribution in [0.4, 0.5) is 5.69 Å². The minimum atomic E-state index is -0.0328. The number of nitrogen functional groups attached to an aromatic ring is 1. The van der Waals surface area contributed by atoms with E-state index in [1.807, 2.05) is 18.2 Å². The summed E-state index contributed by atoms with van der Waals surface area (Å²) in [5.74, 6) is -0.0328. The zero-order chi connectivity index (χ0) is 12.7. The molecule has 0 radical (unpaired) electrons. The van der Waals surface area contributed by atoms with E-state index in [1.165, 1.54) is 17.8 Å². The highest BCUT2D eigenvalue weighted by Gasteiger charge is 2.23. The second-order valence-corrected chi connectivity index (χ2v) is 6.55. The predicted octanol–water partition coefficient (Wildman–Crippen LogP) is 3.53. The molecule has 2 aromatic rings. The topological polar surface area (TPSA) is 55.1 Å². The lowest BCUT2D eigenvalue weighted by Crippen LogP contribution is -2.39. The molecule has 0 bridgehead atoms. The quantitative estimate of drug-likeness (QED) is 0.887. The molecule has 1 aliphatic rings. The SMILES string of the molecule is Nc1c(C(=O)NC2CCC2)sc2ccc(Br)cc12. The Labute approximate surface area is 117 Å². The third-order valence-electron chi connectivity index (χ3n) is 3.34. The van der Waals surface area contributed by atoms with Crippen LogP contribution in [-0.2, 0) is 0 Å². The van der Waals surface area contributed by atoms with E-state index in [1.54, 1.807) is 0 Å². The van der Waals surface area contributed by atoms with Gasteiger partial charge in [-0.25, -0.2) is 0 Å². The Morgan fingerprint density at radius 3 is 2.89 bits per heavy atom. The number of halogens is 1. The van der Waals surface area contributed by atoms with Crippen LogP contribution < -0.4 is 11.1 Å². The molecule has 0 saturated heterocycles. The molecular weight excluding hydrogens is 312 g/mol. The minimum Gasteiger partial charge on any atom is -0.397 e. The Morgan fingerprint density at radius 1 is 1.44 bits per heavy atom. The van der Waals surface area contributed by atoms with Gasteiger partial charge in [-0.3, -0.25) is 4.79 Å². The Bertz CT molecular complexity index is 619. The first kappa shape index (κ1) is 12.0. The van der Waals surface area contributed by atoms with Crippen molar-refractivity contribution in [1.82, 2.24) is 5.32 Å². The normalized spacial score (nSPS) is 15.6. The Morgan fingerprint density at radius 2 is 2.22 bits per heavy atom. The van der Waals surface area contributed by atoms with Crippen LogP contribution in [0.2, 0.25) is 0 Å². The first-order valence-corrected chi connectivity index (χ1v) is 7.54. The van der Waals surface area contributed by atoms with Crippen molar-refractivity contribution in [3.05, 3.63) is 27.5 Å². The van der Waals surface area contributed by atoms with Gasteiger partial charge in [0.25, 0.3) is 5.91 Å². The fourth-order valence-electron chi connectivity index (χ4n) is 2.06. The standard InChI is InChI=1S/C13H13BrN2OS/c14-7-4-5-10-9(6-7)11(15)12(18-10)13(17)16-8-2-1-3-8/h4-6,8H,1-3,15H2,(H,16,17). The molecule has 0 unspecified atom stereocenters. The first-order valence-electron chi connectivity index (χ1n) is 5.93. The molecular formula is C13H13BrN2OS. The summed E-state index contributed by atoms with van der Waals surface area (Å²) in [5.41, 5.74) is 6.66. The van der Waals surface area contributed by atoms with Crippen molar-refractivity contribution in [2.45, 2.75) is 25.3 Å². The summed E-state index contributed by atoms with van der Waals surface area (Å²) in [4.78, 5) is 12.8. The molecule has 1 amide bonds. The molecule has 18 heavy (non-hydrogen) atoms. The number of nitrogens with two attached hydrogens (primary N) is 1. The highest BCUT2D eigenvalue weighted by Crippen LogP contribution is 2.35. The second kappa shape index (κ2) is 4.55. The van der Waals surface area contributed by atoms with Crippen LogP contribution >= 0.6 is 27.3 Å². The number of carbonyl (C=O) groups is 1. The zero-order valence-corrected chi connectivity index (χ0v) is 12.1. The molecule has 1 saturated carbocycles. The highest BCUT2D eigenvalue weighted by molar-refractivity contribution is 9.10. The van der Waals surface area contributed by atoms with Gasteiger partial charge in [0.15, 0.2) is 0 Å². The largest absolute Gasteiger partial charge is 0.397 e. The van der Waals surface area contributed by atoms with Crippen LogP contribution in [0, 0.1) is 0 Å². The number of hydrogen-bond acceptors (Lipinski definition) is 3. The molecule has 3 nitrogen and oxygen atoms in total. The second-order valence-electron chi connectivity index (χ2n) is 4.59. The van der Waals surface area contributed by atoms with Crippen LogP contribution in [0.25, 0.3) is 10.1 Å². The van der Waals surface area contributed by atoms with E-state index >= 15 is 0 Å². The van der Waals surface area contributed by atoms with Crippen molar-refractivity contribution in [3.8, 4) is 0 Å². The fourth-order valence-corrected chi connectivity index (χ4v) is 3.43. The lowest BCUT2D eigenvalue weighted by molar-refractivity contribution is 0.0922. The maximum absolute atomic E-state index is 12.1. The molecule has 0 spiro atoms. The zero-order valence-electron chi connectivity index (χ0n) is 9.70. The summed E-state index contributed by atoms with van der Waals surface area (Å²) in [7, 11) is 0. The number of fused-ring (bicyclic) bond motifs is 1. The molecule has 3 rings (SSSR count). The number of anilines is 1. The van der Waals surface area contributed by atoms with E-state index in [9.17, 15) is 4.79 Å². The van der Waals surface area contributed by atoms with Gasteiger partial charge in [0.05, 0.1) is 5.69 Å². The average molecular weight is 325 g/mol. The van der Waals surface area contributed by atoms with Crippen LogP contribution in [0.5, 0.6) is 0 Å². The summed E-state index contributed by atoms with van der Waals surface area (Å²) in [6, 6.07) is 6.25. The van der Waals surface area contributed by atoms with E-state index in [2.05, 4.69) is 21.2 Å². The van der Waals surface area contributed by atoms with E-state index in [0.29, 0.717) is 16.6 Å². The molecule has 1 aromatic carbocycles. The van der Waals surface area contributed by atoms with Gasteiger partial charge in [-0.15, -0.1) is 11.3 Å². The van der Waals surface area contributed by atoms with Gasteiger partial charge in [-0.1, -0.05) is 15.9 Å². The van der Waals surface area contributed by atoms with Gasteiger partial charge in [-0.2, -0.15) is 0 Å². The van der Waals surface area contributed by atoms with E-state index in [-0.39, 0.29) is 5.91 Å². The Hall–Kier alpha value is -1.07. The van der Waals surface area contributed by atoms with E-state index in [4.69, 9.17) is 5.73 Å². The molecule has 94 valence electrons. The molecule has 0 atom stereocenters. The van der Waals surface area contributed by atoms with E-state index in [0.717, 1.165) is 27.4 Å². The summed E-state index contributed by atoms with van der Waals surface area (Å²) >= 11 is 4.88. The molecule has 1 heterocycles. The summed E-state index contributed by atoms with van der Waals surface area (Å²) < 4.78 is 2.03. The Balaban J connectivity index is 1.95. The molecule has 5 heteroatoms. The number of carbonyl (C=O) groups excluding carboxylic acids is 1. The summed E-state index contributed by atoms with van der Waals surface area (Å²) in [6.45, 7) is 0. The van der Waals surface area contributed by atoms with Crippen molar-refractivity contribution < 1.29 is 4.79 Å². The highest BCUT2D eigenvalue weighted by atomic mass is 79.9. The number of nitrogens with one attached hydrogen (secondary N) is 1. The van der Waals surface area contributed by atoms with Crippen molar-refractivity contribution in [2.24, 2.45) is 0 Å². The maximum Gasteiger partial charge on any atom is 0.263 e. The third kappa shape index (κ3) is 2.01. The maximum atomic E-state index is 12.1. The van der Waals surface area contributed by atoms with Crippen molar-refractivity contribution >= 4 is 48.9 Å². The van der Waals surface area contributed by atoms with Gasteiger partial charge < -0.3 is 11.1 Å². The smallest absolute Gasteiger partial charge is 0.263 e. The van der Waals surface area contributed by atoms with Crippen molar-refractivity contribution in [1.29, 1.82) is 0 Å². The molecule has 1 fully saturated rings. The Kier molecular flexibility index (Phi) is 3.03. The number of hydrogen-bond donors (Lipinski definition) is 2. The van der Waals surface area contributed by atoms with Crippen LogP contribution in [0.15, 0.2) is 22.7 Å². The van der Waals surface area contributed by atoms with Crippen LogP contribution in [-0.4, -0.2) is 11.9 Å². The van der Waals surface area contributed by atoms with Crippen LogP contribution in [0.1, 0.15) is 28.9 Å². The lowest BCUT2D eigenvalue weighted by Gasteiger charge is -2.26. The number of rotatable bonds is 2. The number of amides is 1. The van der Waals surface area contributed by atoms with Gasteiger partial charge in [0.1, 0.15) is 4.88 Å². The molecule has 3 N–H and O–H groups in total. The molecule has 1 aromatic heterocycles. The summed E-state index contributed by atoms with van der Waals surface area (Å²) in [6.07, 6.45) is 3.38. The van der Waals surface area contributed by atoms with Gasteiger partial charge in [0.2, 0.25) is 0 Å². The number of thiophene rings is 1. The van der Waals surface area contributed by atoms with Gasteiger partial charge >= 0.3 is 0 Å². The number of benzene rings is 1. The molecule has 1 aliphatic carbocycles. The summed E-state index contributed by atoms with van der Waals surface area (Å²) in [5, 5.41) is 3.98. The third-order valence-corrected chi connectivity index (χ3v) is 5.01. The predicted molar refractivity (Wildman–Crippen MR) is 79.0 cm³/mol. The minimum absolute atomic E-state index is 0.0328.